The molecule has 2 amide bonds. The summed E-state index contributed by atoms with van der Waals surface area (Å²) in [5.41, 5.74) is 8.45. The Morgan fingerprint density at radius 3 is 2.58 bits per heavy atom. The maximum absolute atomic E-state index is 14.1. The van der Waals surface area contributed by atoms with Gasteiger partial charge in [0.2, 0.25) is 5.91 Å². The summed E-state index contributed by atoms with van der Waals surface area (Å²) in [5.74, 6) is -0.0835. The molecule has 4 N–H and O–H groups in total. The summed E-state index contributed by atoms with van der Waals surface area (Å²) >= 11 is 0. The molecule has 8 heterocycles. The molecule has 3 aliphatic heterocycles. The predicted octanol–water partition coefficient (Wildman–Crippen LogP) is 6.23. The van der Waals surface area contributed by atoms with Crippen LogP contribution in [0.25, 0.3) is 22.3 Å². The van der Waals surface area contributed by atoms with Crippen LogP contribution >= 0.6 is 0 Å². The average Bonchev–Trinajstić information content (AvgIpc) is 4.01. The lowest BCUT2D eigenvalue weighted by molar-refractivity contribution is -0.111. The van der Waals surface area contributed by atoms with Crippen LogP contribution in [0.4, 0.5) is 34.4 Å². The largest absolute Gasteiger partial charge is 0.392 e. The number of aliphatic hydroxyl groups excluding tert-OH is 1. The van der Waals surface area contributed by atoms with Gasteiger partial charge in [-0.25, -0.2) is 15.0 Å². The van der Waals surface area contributed by atoms with Crippen LogP contribution in [0.3, 0.4) is 0 Å². The van der Waals surface area contributed by atoms with Gasteiger partial charge < -0.3 is 39.7 Å². The van der Waals surface area contributed by atoms with E-state index in [4.69, 9.17) is 4.98 Å². The molecule has 0 bridgehead atoms. The highest BCUT2D eigenvalue weighted by Gasteiger charge is 2.38. The van der Waals surface area contributed by atoms with Crippen LogP contribution in [-0.2, 0) is 37.8 Å². The minimum Gasteiger partial charge on any atom is -0.392 e. The molecule has 16 heteroatoms. The van der Waals surface area contributed by atoms with Crippen molar-refractivity contribution in [3.8, 4) is 11.3 Å². The molecule has 1 unspecified atom stereocenters. The summed E-state index contributed by atoms with van der Waals surface area (Å²) in [6.07, 6.45) is 12.3. The lowest BCUT2D eigenvalue weighted by atomic mass is 9.90. The molecular weight excluding hydrogens is 833 g/mol. The summed E-state index contributed by atoms with van der Waals surface area (Å²) in [7, 11) is 1.65. The quantitative estimate of drug-likeness (QED) is 0.115. The number of nitrogens with one attached hydrogen (secondary N) is 3. The number of aromatic nitrogens is 6. The number of aryl methyl sites for hydroxylation is 1. The number of rotatable bonds is 10. The molecule has 0 spiro atoms. The van der Waals surface area contributed by atoms with Crippen LogP contribution in [0.1, 0.15) is 67.8 Å². The van der Waals surface area contributed by atoms with Crippen molar-refractivity contribution in [2.75, 3.05) is 58.1 Å². The van der Waals surface area contributed by atoms with Crippen LogP contribution in [0.15, 0.2) is 84.7 Å². The Morgan fingerprint density at radius 2 is 1.79 bits per heavy atom. The van der Waals surface area contributed by atoms with Crippen molar-refractivity contribution in [1.82, 2.24) is 34.0 Å². The zero-order valence-electron chi connectivity index (χ0n) is 38.3. The van der Waals surface area contributed by atoms with E-state index in [-0.39, 0.29) is 34.6 Å². The number of pyridine rings is 2. The molecule has 2 saturated heterocycles. The Balaban J connectivity index is 0.870. The average molecular weight is 891 g/mol. The zero-order chi connectivity index (χ0) is 46.0. The maximum atomic E-state index is 14.1. The van der Waals surface area contributed by atoms with Crippen LogP contribution in [0.2, 0.25) is 0 Å². The van der Waals surface area contributed by atoms with Crippen molar-refractivity contribution in [2.24, 2.45) is 12.5 Å². The molecule has 16 nitrogen and oxygen atoms in total. The standard InChI is InChI=1S/C50H58N12O4/c1-7-44(64)55-38-24-33(8-9-41(38)60-19-18-58(27-31(60)3)34-13-17-59(30(2)22-34)40-12-16-52-45-36(40)11-14-51-45)54-46-49(66)57(6)28-39(56-46)35-10-15-53-47(37(35)29-63)62-21-20-61-42(48(62)65)23-32-25-50(4,5)26-43(32)61/h7-12,14-16,23-24,28,30-31,34,63H,1,13,17-22,25-27,29H2,2-6H3,(H,51,52)(H,54,56)(H,55,64)/t30-,31-,34?/m0/s1. The van der Waals surface area contributed by atoms with Gasteiger partial charge in [0, 0.05) is 123 Å². The van der Waals surface area contributed by atoms with E-state index in [1.54, 1.807) is 30.4 Å². The fourth-order valence-electron chi connectivity index (χ4n) is 11.0. The number of carbonyl (C=O) groups is 2. The van der Waals surface area contributed by atoms with Gasteiger partial charge in [-0.3, -0.25) is 24.2 Å². The van der Waals surface area contributed by atoms with Crippen molar-refractivity contribution in [2.45, 2.75) is 84.7 Å². The molecule has 3 atom stereocenters. The van der Waals surface area contributed by atoms with Crippen LogP contribution in [0, 0.1) is 5.41 Å². The van der Waals surface area contributed by atoms with Gasteiger partial charge >= 0.3 is 0 Å². The first-order valence-corrected chi connectivity index (χ1v) is 23.0. The van der Waals surface area contributed by atoms with Crippen LogP contribution < -0.4 is 30.9 Å². The van der Waals surface area contributed by atoms with Gasteiger partial charge in [-0.15, -0.1) is 0 Å². The SMILES string of the molecule is C=CC(=O)Nc1cc(Nc2nc(-c3ccnc(N4CCn5c(cc6c5CC(C)(C)C6)C4=O)c3CO)cn(C)c2=O)ccc1N1CCN(C2CCN(c3ccnc4[nH]ccc34)[C@@H](C)C2)C[C@@H]1C. The molecule has 66 heavy (non-hydrogen) atoms. The number of aromatic amines is 1. The van der Waals surface area contributed by atoms with Crippen LogP contribution in [0.5, 0.6) is 0 Å². The number of piperazine rings is 1. The van der Waals surface area contributed by atoms with E-state index in [1.165, 1.54) is 27.6 Å². The monoisotopic (exact) mass is 890 g/mol. The molecular formula is C50H58N12O4. The molecule has 1 aromatic carbocycles. The first-order chi connectivity index (χ1) is 31.8. The zero-order valence-corrected chi connectivity index (χ0v) is 38.3. The highest BCUT2D eigenvalue weighted by atomic mass is 16.3. The van der Waals surface area contributed by atoms with Gasteiger partial charge in [0.1, 0.15) is 17.2 Å². The second-order valence-electron chi connectivity index (χ2n) is 19.2. The second-order valence-corrected chi connectivity index (χ2v) is 19.2. The van der Waals surface area contributed by atoms with Crippen molar-refractivity contribution in [3.05, 3.63) is 113 Å². The molecule has 6 aromatic rings. The summed E-state index contributed by atoms with van der Waals surface area (Å²) in [4.78, 5) is 66.9. The van der Waals surface area contributed by atoms with Gasteiger partial charge in [-0.1, -0.05) is 20.4 Å². The van der Waals surface area contributed by atoms with E-state index < -0.39 is 6.61 Å². The number of benzene rings is 1. The van der Waals surface area contributed by atoms with Gasteiger partial charge in [0.25, 0.3) is 11.5 Å². The molecule has 5 aromatic heterocycles. The number of hydrogen-bond acceptors (Lipinski definition) is 11. The highest BCUT2D eigenvalue weighted by molar-refractivity contribution is 6.06. The van der Waals surface area contributed by atoms with E-state index in [9.17, 15) is 19.5 Å². The minimum absolute atomic E-state index is 0.0546. The summed E-state index contributed by atoms with van der Waals surface area (Å²) < 4.78 is 3.59. The number of aliphatic hydroxyl groups is 1. The summed E-state index contributed by atoms with van der Waals surface area (Å²) in [5, 5.41) is 18.2. The first kappa shape index (κ1) is 43.1. The minimum atomic E-state index is -0.399. The number of amides is 2. The van der Waals surface area contributed by atoms with E-state index in [0.717, 1.165) is 68.6 Å². The molecule has 1 aliphatic carbocycles. The van der Waals surface area contributed by atoms with E-state index in [0.29, 0.717) is 64.9 Å². The Bertz CT molecular complexity index is 2950. The highest BCUT2D eigenvalue weighted by Crippen LogP contribution is 2.41. The van der Waals surface area contributed by atoms with E-state index >= 15 is 0 Å². The Hall–Kier alpha value is -6.78. The Morgan fingerprint density at radius 1 is 0.970 bits per heavy atom. The number of anilines is 6. The van der Waals surface area contributed by atoms with E-state index in [1.807, 2.05) is 36.7 Å². The predicted molar refractivity (Wildman–Crippen MR) is 259 cm³/mol. The van der Waals surface area contributed by atoms with Crippen molar-refractivity contribution in [3.63, 3.8) is 0 Å². The van der Waals surface area contributed by atoms with Gasteiger partial charge in [-0.2, -0.15) is 0 Å². The van der Waals surface area contributed by atoms with E-state index in [2.05, 4.69) is 91.3 Å². The molecule has 0 radical (unpaired) electrons. The van der Waals surface area contributed by atoms with Crippen molar-refractivity contribution in [1.29, 1.82) is 0 Å². The third kappa shape index (κ3) is 7.70. The lowest BCUT2D eigenvalue weighted by Gasteiger charge is -2.48. The van der Waals surface area contributed by atoms with Crippen LogP contribution in [-0.4, -0.2) is 102 Å². The van der Waals surface area contributed by atoms with Crippen molar-refractivity contribution >= 4 is 57.2 Å². The number of nitrogens with zero attached hydrogens (tertiary/aromatic N) is 9. The second kappa shape index (κ2) is 16.9. The molecule has 0 saturated carbocycles. The fourth-order valence-corrected chi connectivity index (χ4v) is 11.0. The number of carbonyl (C=O) groups excluding carboxylic acids is 2. The fraction of sp³-hybridized carbons (Fsp3) is 0.400. The third-order valence-corrected chi connectivity index (χ3v) is 14.2. The number of piperidine rings is 1. The van der Waals surface area contributed by atoms with Crippen molar-refractivity contribution < 1.29 is 14.7 Å². The molecule has 2 fully saturated rings. The summed E-state index contributed by atoms with van der Waals surface area (Å²) in [6.45, 7) is 16.9. The number of fused-ring (bicyclic) bond motifs is 4. The third-order valence-electron chi connectivity index (χ3n) is 14.2. The number of hydrogen-bond donors (Lipinski definition) is 4. The molecule has 10 rings (SSSR count). The Kier molecular flexibility index (Phi) is 11.0. The molecule has 4 aliphatic rings. The topological polar surface area (TPSA) is 173 Å². The summed E-state index contributed by atoms with van der Waals surface area (Å²) in [6, 6.07) is 14.7. The first-order valence-electron chi connectivity index (χ1n) is 23.0. The smallest absolute Gasteiger partial charge is 0.293 e. The normalized spacial score (nSPS) is 20.7. The molecule has 342 valence electrons. The Labute approximate surface area is 384 Å². The van der Waals surface area contributed by atoms with Gasteiger partial charge in [0.15, 0.2) is 5.82 Å². The van der Waals surface area contributed by atoms with Gasteiger partial charge in [0.05, 0.1) is 23.7 Å². The number of H-pyrrole nitrogens is 1. The lowest BCUT2D eigenvalue weighted by Crippen LogP contribution is -2.58. The maximum Gasteiger partial charge on any atom is 0.293 e. The van der Waals surface area contributed by atoms with Gasteiger partial charge in [-0.05, 0) is 99.0 Å².